The number of Topliss-reactive ketones (excluding diaryl/α,β-unsaturated/α-hetero) is 1. The van der Waals surface area contributed by atoms with E-state index in [4.69, 9.17) is 4.74 Å². The predicted octanol–water partition coefficient (Wildman–Crippen LogP) is 5.00. The lowest BCUT2D eigenvalue weighted by molar-refractivity contribution is -0.147. The first-order valence-corrected chi connectivity index (χ1v) is 10.6. The van der Waals surface area contributed by atoms with Crippen LogP contribution in [0.1, 0.15) is 48.9 Å². The molecule has 29 heavy (non-hydrogen) atoms. The molecule has 4 fully saturated rings. The summed E-state index contributed by atoms with van der Waals surface area (Å²) in [6.45, 7) is -0.106. The molecule has 0 aliphatic heterocycles. The van der Waals surface area contributed by atoms with Gasteiger partial charge in [-0.25, -0.2) is 4.79 Å². The van der Waals surface area contributed by atoms with E-state index in [1.54, 1.807) is 24.3 Å². The summed E-state index contributed by atoms with van der Waals surface area (Å²) in [5, 5.41) is 9.40. The SMILES string of the molecule is O=C(OCC(=O)C12CC3CC(CC(C3)C1)C2)c1ccc(-c2ccc(O)cc2)cc1. The summed E-state index contributed by atoms with van der Waals surface area (Å²) >= 11 is 0. The van der Waals surface area contributed by atoms with Crippen molar-refractivity contribution in [2.75, 3.05) is 6.61 Å². The van der Waals surface area contributed by atoms with Gasteiger partial charge in [0.25, 0.3) is 0 Å². The fourth-order valence-electron chi connectivity index (χ4n) is 6.27. The van der Waals surface area contributed by atoms with E-state index in [2.05, 4.69) is 0 Å². The van der Waals surface area contributed by atoms with Crippen LogP contribution in [0.4, 0.5) is 0 Å². The normalized spacial score (nSPS) is 29.6. The molecule has 4 aliphatic rings. The molecule has 4 heteroatoms. The number of ketones is 1. The minimum absolute atomic E-state index is 0.106. The molecule has 2 aromatic carbocycles. The number of phenolic OH excluding ortho intramolecular Hbond substituents is 1. The van der Waals surface area contributed by atoms with Gasteiger partial charge in [0.05, 0.1) is 5.56 Å². The fraction of sp³-hybridized carbons (Fsp3) is 0.440. The number of carbonyl (C=O) groups is 2. The lowest BCUT2D eigenvalue weighted by atomic mass is 9.48. The quantitative estimate of drug-likeness (QED) is 0.730. The van der Waals surface area contributed by atoms with E-state index in [0.717, 1.165) is 30.4 Å². The smallest absolute Gasteiger partial charge is 0.338 e. The van der Waals surface area contributed by atoms with Crippen molar-refractivity contribution in [1.82, 2.24) is 0 Å². The topological polar surface area (TPSA) is 63.6 Å². The van der Waals surface area contributed by atoms with Crippen molar-refractivity contribution in [1.29, 1.82) is 0 Å². The molecule has 0 amide bonds. The molecule has 4 nitrogen and oxygen atoms in total. The lowest BCUT2D eigenvalue weighted by Crippen LogP contribution is -2.51. The van der Waals surface area contributed by atoms with E-state index in [1.165, 1.54) is 19.3 Å². The number of ether oxygens (including phenoxy) is 1. The van der Waals surface area contributed by atoms with Gasteiger partial charge in [-0.2, -0.15) is 0 Å². The van der Waals surface area contributed by atoms with E-state index in [1.807, 2.05) is 24.3 Å². The number of hydrogen-bond acceptors (Lipinski definition) is 4. The van der Waals surface area contributed by atoms with E-state index >= 15 is 0 Å². The number of esters is 1. The van der Waals surface area contributed by atoms with Crippen LogP contribution in [0.5, 0.6) is 5.75 Å². The Morgan fingerprint density at radius 1 is 0.828 bits per heavy atom. The molecule has 0 radical (unpaired) electrons. The van der Waals surface area contributed by atoms with Crippen molar-refractivity contribution in [3.8, 4) is 16.9 Å². The molecule has 0 heterocycles. The van der Waals surface area contributed by atoms with Crippen LogP contribution in [0.2, 0.25) is 0 Å². The highest BCUT2D eigenvalue weighted by Crippen LogP contribution is 2.60. The molecular weight excluding hydrogens is 364 g/mol. The highest BCUT2D eigenvalue weighted by atomic mass is 16.5. The lowest BCUT2D eigenvalue weighted by Gasteiger charge is -2.55. The third-order valence-electron chi connectivity index (χ3n) is 7.29. The number of benzene rings is 2. The average molecular weight is 390 g/mol. The first-order chi connectivity index (χ1) is 14.0. The number of hydrogen-bond donors (Lipinski definition) is 1. The van der Waals surface area contributed by atoms with Gasteiger partial charge in [-0.1, -0.05) is 24.3 Å². The van der Waals surface area contributed by atoms with Gasteiger partial charge in [0.15, 0.2) is 12.4 Å². The molecule has 6 rings (SSSR count). The van der Waals surface area contributed by atoms with Gasteiger partial charge in [-0.3, -0.25) is 4.79 Å². The summed E-state index contributed by atoms with van der Waals surface area (Å²) in [4.78, 5) is 25.5. The second-order valence-electron chi connectivity index (χ2n) is 9.32. The molecule has 2 aromatic rings. The molecule has 0 saturated heterocycles. The van der Waals surface area contributed by atoms with E-state index in [9.17, 15) is 14.7 Å². The highest BCUT2D eigenvalue weighted by Gasteiger charge is 2.54. The number of carbonyl (C=O) groups excluding carboxylic acids is 2. The van der Waals surface area contributed by atoms with Crippen LogP contribution in [0.25, 0.3) is 11.1 Å². The molecule has 4 bridgehead atoms. The zero-order valence-corrected chi connectivity index (χ0v) is 16.5. The summed E-state index contributed by atoms with van der Waals surface area (Å²) in [5.74, 6) is 2.01. The molecule has 1 N–H and O–H groups in total. The van der Waals surface area contributed by atoms with Crippen LogP contribution in [0.15, 0.2) is 48.5 Å². The Kier molecular flexibility index (Phi) is 4.45. The van der Waals surface area contributed by atoms with Gasteiger partial charge in [0, 0.05) is 5.41 Å². The maximum atomic E-state index is 13.0. The first-order valence-electron chi connectivity index (χ1n) is 10.6. The molecule has 150 valence electrons. The second-order valence-corrected chi connectivity index (χ2v) is 9.32. The maximum Gasteiger partial charge on any atom is 0.338 e. The Bertz CT molecular complexity index is 891. The fourth-order valence-corrected chi connectivity index (χ4v) is 6.27. The molecule has 0 aromatic heterocycles. The third kappa shape index (κ3) is 3.45. The number of aromatic hydroxyl groups is 1. The first kappa shape index (κ1) is 18.4. The van der Waals surface area contributed by atoms with E-state index in [-0.39, 0.29) is 23.6 Å². The van der Waals surface area contributed by atoms with Crippen LogP contribution < -0.4 is 0 Å². The van der Waals surface area contributed by atoms with Crippen molar-refractivity contribution >= 4 is 11.8 Å². The van der Waals surface area contributed by atoms with Crippen molar-refractivity contribution in [2.45, 2.75) is 38.5 Å². The summed E-state index contributed by atoms with van der Waals surface area (Å²) < 4.78 is 5.42. The summed E-state index contributed by atoms with van der Waals surface area (Å²) in [5.41, 5.74) is 2.13. The van der Waals surface area contributed by atoms with Crippen molar-refractivity contribution in [3.05, 3.63) is 54.1 Å². The zero-order chi connectivity index (χ0) is 20.0. The highest BCUT2D eigenvalue weighted by molar-refractivity contribution is 5.93. The van der Waals surface area contributed by atoms with Crippen molar-refractivity contribution < 1.29 is 19.4 Å². The monoisotopic (exact) mass is 390 g/mol. The van der Waals surface area contributed by atoms with Gasteiger partial charge in [-0.05, 0) is 91.7 Å². The van der Waals surface area contributed by atoms with Crippen molar-refractivity contribution in [3.63, 3.8) is 0 Å². The van der Waals surface area contributed by atoms with Crippen LogP contribution in [0, 0.1) is 23.2 Å². The predicted molar refractivity (Wildman–Crippen MR) is 109 cm³/mol. The number of rotatable bonds is 5. The standard InChI is InChI=1S/C25H26O4/c26-22-7-5-20(6-8-22)19-1-3-21(4-2-19)24(28)29-15-23(27)25-12-16-9-17(13-25)11-18(10-16)14-25/h1-8,16-18,26H,9-15H2. The zero-order valence-electron chi connectivity index (χ0n) is 16.5. The van der Waals surface area contributed by atoms with Crippen LogP contribution in [-0.4, -0.2) is 23.5 Å². The number of phenols is 1. The minimum atomic E-state index is -0.444. The van der Waals surface area contributed by atoms with Gasteiger partial charge in [0.1, 0.15) is 5.75 Å². The second kappa shape index (κ2) is 7.01. The largest absolute Gasteiger partial charge is 0.508 e. The third-order valence-corrected chi connectivity index (χ3v) is 7.29. The minimum Gasteiger partial charge on any atom is -0.508 e. The van der Waals surface area contributed by atoms with Crippen LogP contribution in [0.3, 0.4) is 0 Å². The summed E-state index contributed by atoms with van der Waals surface area (Å²) in [6, 6.07) is 14.1. The Hall–Kier alpha value is -2.62. The van der Waals surface area contributed by atoms with Gasteiger partial charge >= 0.3 is 5.97 Å². The Morgan fingerprint density at radius 2 is 1.31 bits per heavy atom. The molecular formula is C25H26O4. The molecule has 4 aliphatic carbocycles. The Balaban J connectivity index is 1.22. The molecule has 0 unspecified atom stereocenters. The van der Waals surface area contributed by atoms with Crippen molar-refractivity contribution in [2.24, 2.45) is 23.2 Å². The molecule has 0 atom stereocenters. The van der Waals surface area contributed by atoms with Gasteiger partial charge in [-0.15, -0.1) is 0 Å². The van der Waals surface area contributed by atoms with E-state index in [0.29, 0.717) is 23.3 Å². The summed E-state index contributed by atoms with van der Waals surface area (Å²) in [7, 11) is 0. The van der Waals surface area contributed by atoms with Crippen LogP contribution in [-0.2, 0) is 9.53 Å². The Morgan fingerprint density at radius 3 is 1.83 bits per heavy atom. The van der Waals surface area contributed by atoms with Gasteiger partial charge in [0.2, 0.25) is 0 Å². The Labute approximate surface area is 170 Å². The maximum absolute atomic E-state index is 13.0. The van der Waals surface area contributed by atoms with E-state index < -0.39 is 5.97 Å². The summed E-state index contributed by atoms with van der Waals surface area (Å²) in [6.07, 6.45) is 6.86. The average Bonchev–Trinajstić information content (AvgIpc) is 2.71. The molecule has 0 spiro atoms. The van der Waals surface area contributed by atoms with Crippen LogP contribution >= 0.6 is 0 Å². The van der Waals surface area contributed by atoms with Gasteiger partial charge < -0.3 is 9.84 Å². The molecule has 4 saturated carbocycles.